The maximum atomic E-state index is 12.5. The highest BCUT2D eigenvalue weighted by molar-refractivity contribution is 5.80. The topological polar surface area (TPSA) is 41.6 Å². The molecule has 0 bridgehead atoms. The van der Waals surface area contributed by atoms with Crippen LogP contribution in [0.5, 0.6) is 0 Å². The molecule has 4 nitrogen and oxygen atoms in total. The summed E-state index contributed by atoms with van der Waals surface area (Å²) >= 11 is 0. The summed E-state index contributed by atoms with van der Waals surface area (Å²) in [5, 5.41) is 3.35. The third kappa shape index (κ3) is 2.63. The van der Waals surface area contributed by atoms with Crippen LogP contribution in [0.25, 0.3) is 0 Å². The number of nitrogens with one attached hydrogen (secondary N) is 1. The van der Waals surface area contributed by atoms with Crippen molar-refractivity contribution in [3.63, 3.8) is 0 Å². The van der Waals surface area contributed by atoms with E-state index in [2.05, 4.69) is 24.1 Å². The molecule has 0 saturated carbocycles. The second-order valence-corrected chi connectivity index (χ2v) is 5.40. The Hall–Kier alpha value is -0.610. The van der Waals surface area contributed by atoms with Crippen molar-refractivity contribution in [2.45, 2.75) is 51.3 Å². The van der Waals surface area contributed by atoms with Crippen LogP contribution in [0.4, 0.5) is 0 Å². The van der Waals surface area contributed by atoms with Gasteiger partial charge in [-0.25, -0.2) is 0 Å². The number of rotatable bonds is 2. The van der Waals surface area contributed by atoms with Crippen LogP contribution in [0.2, 0.25) is 0 Å². The van der Waals surface area contributed by atoms with Crippen LogP contribution in [0.1, 0.15) is 33.1 Å². The van der Waals surface area contributed by atoms with Crippen molar-refractivity contribution in [3.8, 4) is 0 Å². The summed E-state index contributed by atoms with van der Waals surface area (Å²) in [6.07, 6.45) is 3.25. The second kappa shape index (κ2) is 5.36. The average Bonchev–Trinajstić information content (AvgIpc) is 2.74. The molecule has 17 heavy (non-hydrogen) atoms. The summed E-state index contributed by atoms with van der Waals surface area (Å²) in [6.45, 7) is 6.07. The second-order valence-electron chi connectivity index (χ2n) is 5.40. The average molecular weight is 240 g/mol. The number of hydrogen-bond acceptors (Lipinski definition) is 3. The van der Waals surface area contributed by atoms with E-state index >= 15 is 0 Å². The zero-order valence-electron chi connectivity index (χ0n) is 11.1. The number of amides is 1. The third-order valence-electron chi connectivity index (χ3n) is 4.29. The van der Waals surface area contributed by atoms with E-state index in [1.165, 1.54) is 0 Å². The van der Waals surface area contributed by atoms with Gasteiger partial charge in [-0.15, -0.1) is 0 Å². The maximum Gasteiger partial charge on any atom is 0.227 e. The quantitative estimate of drug-likeness (QED) is 0.783. The lowest BCUT2D eigenvalue weighted by molar-refractivity contribution is -0.141. The van der Waals surface area contributed by atoms with Crippen LogP contribution >= 0.6 is 0 Å². The van der Waals surface area contributed by atoms with Gasteiger partial charge in [-0.3, -0.25) is 4.79 Å². The molecule has 0 aliphatic carbocycles. The molecule has 2 aliphatic heterocycles. The van der Waals surface area contributed by atoms with E-state index in [1.54, 1.807) is 7.11 Å². The highest BCUT2D eigenvalue weighted by Crippen LogP contribution is 2.25. The molecule has 4 unspecified atom stereocenters. The van der Waals surface area contributed by atoms with Gasteiger partial charge < -0.3 is 15.0 Å². The van der Waals surface area contributed by atoms with Crippen molar-refractivity contribution < 1.29 is 9.53 Å². The Kier molecular flexibility index (Phi) is 4.05. The van der Waals surface area contributed by atoms with Crippen molar-refractivity contribution in [3.05, 3.63) is 0 Å². The number of piperidine rings is 1. The first-order valence-electron chi connectivity index (χ1n) is 6.70. The zero-order valence-corrected chi connectivity index (χ0v) is 11.1. The van der Waals surface area contributed by atoms with Crippen LogP contribution in [0.15, 0.2) is 0 Å². The maximum absolute atomic E-state index is 12.5. The van der Waals surface area contributed by atoms with Gasteiger partial charge in [0.25, 0.3) is 0 Å². The van der Waals surface area contributed by atoms with Crippen LogP contribution in [0, 0.1) is 5.92 Å². The van der Waals surface area contributed by atoms with Gasteiger partial charge in [0.15, 0.2) is 0 Å². The van der Waals surface area contributed by atoms with Crippen LogP contribution in [0.3, 0.4) is 0 Å². The molecule has 2 heterocycles. The van der Waals surface area contributed by atoms with Gasteiger partial charge in [-0.05, 0) is 39.7 Å². The first-order chi connectivity index (χ1) is 8.13. The molecule has 2 saturated heterocycles. The van der Waals surface area contributed by atoms with E-state index in [4.69, 9.17) is 4.74 Å². The number of carbonyl (C=O) groups is 1. The normalized spacial score (nSPS) is 38.4. The summed E-state index contributed by atoms with van der Waals surface area (Å²) in [7, 11) is 1.76. The van der Waals surface area contributed by atoms with Crippen molar-refractivity contribution in [2.24, 2.45) is 5.92 Å². The minimum atomic E-state index is 0.177. The van der Waals surface area contributed by atoms with Gasteiger partial charge >= 0.3 is 0 Å². The van der Waals surface area contributed by atoms with Crippen LogP contribution in [-0.2, 0) is 9.53 Å². The standard InChI is InChI=1S/C13H24N2O2/c1-9-8-11(17-3)5-7-15(9)13(16)12-4-6-14-10(12)2/h9-12,14H,4-8H2,1-3H3. The number of likely N-dealkylation sites (tertiary alicyclic amines) is 1. The molecular formula is C13H24N2O2. The minimum Gasteiger partial charge on any atom is -0.381 e. The molecule has 4 atom stereocenters. The molecule has 4 heteroatoms. The SMILES string of the molecule is COC1CCN(C(=O)C2CCNC2C)C(C)C1. The highest BCUT2D eigenvalue weighted by Gasteiger charge is 2.36. The Labute approximate surface area is 104 Å². The molecule has 1 N–H and O–H groups in total. The Morgan fingerprint density at radius 1 is 1.35 bits per heavy atom. The predicted molar refractivity (Wildman–Crippen MR) is 66.8 cm³/mol. The van der Waals surface area contributed by atoms with Gasteiger partial charge in [-0.1, -0.05) is 0 Å². The van der Waals surface area contributed by atoms with Crippen LogP contribution < -0.4 is 5.32 Å². The summed E-state index contributed by atoms with van der Waals surface area (Å²) < 4.78 is 5.39. The minimum absolute atomic E-state index is 0.177. The molecule has 0 aromatic rings. The fourth-order valence-corrected chi connectivity index (χ4v) is 3.08. The smallest absolute Gasteiger partial charge is 0.227 e. The number of hydrogen-bond donors (Lipinski definition) is 1. The third-order valence-corrected chi connectivity index (χ3v) is 4.29. The lowest BCUT2D eigenvalue weighted by atomic mass is 9.95. The zero-order chi connectivity index (χ0) is 12.4. The fourth-order valence-electron chi connectivity index (χ4n) is 3.08. The van der Waals surface area contributed by atoms with Gasteiger partial charge in [-0.2, -0.15) is 0 Å². The van der Waals surface area contributed by atoms with E-state index in [-0.39, 0.29) is 5.92 Å². The molecule has 98 valence electrons. The Morgan fingerprint density at radius 3 is 2.65 bits per heavy atom. The van der Waals surface area contributed by atoms with Crippen molar-refractivity contribution >= 4 is 5.91 Å². The number of methoxy groups -OCH3 is 1. The molecule has 0 aromatic carbocycles. The molecule has 0 spiro atoms. The van der Waals surface area contributed by atoms with E-state index in [9.17, 15) is 4.79 Å². The molecule has 0 radical (unpaired) electrons. The fraction of sp³-hybridized carbons (Fsp3) is 0.923. The molecular weight excluding hydrogens is 216 g/mol. The largest absolute Gasteiger partial charge is 0.381 e. The van der Waals surface area contributed by atoms with E-state index in [1.807, 2.05) is 0 Å². The summed E-state index contributed by atoms with van der Waals surface area (Å²) in [5.41, 5.74) is 0. The summed E-state index contributed by atoms with van der Waals surface area (Å²) in [5.74, 6) is 0.515. The van der Waals surface area contributed by atoms with Gasteiger partial charge in [0.2, 0.25) is 5.91 Å². The van der Waals surface area contributed by atoms with Crippen LogP contribution in [-0.4, -0.2) is 49.2 Å². The number of carbonyl (C=O) groups excluding carboxylic acids is 1. The van der Waals surface area contributed by atoms with Gasteiger partial charge in [0, 0.05) is 25.7 Å². The van der Waals surface area contributed by atoms with Crippen molar-refractivity contribution in [1.82, 2.24) is 10.2 Å². The number of ether oxygens (including phenoxy) is 1. The van der Waals surface area contributed by atoms with E-state index in [0.717, 1.165) is 32.4 Å². The number of nitrogens with zero attached hydrogens (tertiary/aromatic N) is 1. The summed E-state index contributed by atoms with van der Waals surface area (Å²) in [6, 6.07) is 0.642. The first kappa shape index (κ1) is 12.8. The Balaban J connectivity index is 1.96. The van der Waals surface area contributed by atoms with Crippen molar-refractivity contribution in [1.29, 1.82) is 0 Å². The van der Waals surface area contributed by atoms with Gasteiger partial charge in [0.05, 0.1) is 12.0 Å². The van der Waals surface area contributed by atoms with E-state index < -0.39 is 0 Å². The monoisotopic (exact) mass is 240 g/mol. The van der Waals surface area contributed by atoms with Crippen molar-refractivity contribution in [2.75, 3.05) is 20.2 Å². The molecule has 0 aromatic heterocycles. The first-order valence-corrected chi connectivity index (χ1v) is 6.70. The summed E-state index contributed by atoms with van der Waals surface area (Å²) in [4.78, 5) is 14.5. The van der Waals surface area contributed by atoms with E-state index in [0.29, 0.717) is 24.1 Å². The lowest BCUT2D eigenvalue weighted by Gasteiger charge is -2.39. The highest BCUT2D eigenvalue weighted by atomic mass is 16.5. The molecule has 1 amide bonds. The Morgan fingerprint density at radius 2 is 2.12 bits per heavy atom. The van der Waals surface area contributed by atoms with Gasteiger partial charge in [0.1, 0.15) is 0 Å². The molecule has 2 aliphatic rings. The Bertz CT molecular complexity index is 283. The molecule has 2 rings (SSSR count). The molecule has 2 fully saturated rings. The predicted octanol–water partition coefficient (Wildman–Crippen LogP) is 1.01. The lowest BCUT2D eigenvalue weighted by Crippen LogP contribution is -2.50.